The highest BCUT2D eigenvalue weighted by Crippen LogP contribution is 2.28. The molecule has 1 aliphatic rings. The molecule has 204 valence electrons. The van der Waals surface area contributed by atoms with Crippen molar-refractivity contribution in [3.63, 3.8) is 0 Å². The van der Waals surface area contributed by atoms with E-state index in [0.29, 0.717) is 6.61 Å². The van der Waals surface area contributed by atoms with Crippen LogP contribution >= 0.6 is 0 Å². The van der Waals surface area contributed by atoms with Crippen LogP contribution in [0.15, 0.2) is 54.7 Å². The van der Waals surface area contributed by atoms with Crippen LogP contribution in [0.3, 0.4) is 0 Å². The first-order valence-corrected chi connectivity index (χ1v) is 13.9. The minimum atomic E-state index is 0.647. The van der Waals surface area contributed by atoms with E-state index in [1.165, 1.54) is 16.6 Å². The Balaban J connectivity index is 1.28. The average molecular weight is 526 g/mol. The first-order chi connectivity index (χ1) is 19.1. The van der Waals surface area contributed by atoms with Crippen molar-refractivity contribution in [2.45, 2.75) is 13.8 Å². The number of anilines is 1. The van der Waals surface area contributed by atoms with E-state index >= 15 is 0 Å². The molecule has 0 unspecified atom stereocenters. The predicted molar refractivity (Wildman–Crippen MR) is 162 cm³/mol. The fraction of sp³-hybridized carbons (Fsp3) is 0.344. The molecule has 3 heterocycles. The van der Waals surface area contributed by atoms with Gasteiger partial charge < -0.3 is 18.9 Å². The van der Waals surface area contributed by atoms with Crippen molar-refractivity contribution in [1.29, 1.82) is 0 Å². The highest BCUT2D eigenvalue weighted by atomic mass is 16.5. The number of fused-ring (bicyclic) bond motifs is 1. The molecule has 7 nitrogen and oxygen atoms in total. The van der Waals surface area contributed by atoms with E-state index in [1.54, 1.807) is 0 Å². The second kappa shape index (κ2) is 12.8. The van der Waals surface area contributed by atoms with Crippen LogP contribution in [0.25, 0.3) is 35.2 Å². The van der Waals surface area contributed by atoms with Crippen LogP contribution < -0.4 is 9.64 Å². The summed E-state index contributed by atoms with van der Waals surface area (Å²) in [4.78, 5) is 4.73. The van der Waals surface area contributed by atoms with Crippen molar-refractivity contribution in [3.8, 4) is 5.75 Å². The molecule has 0 radical (unpaired) electrons. The van der Waals surface area contributed by atoms with Crippen molar-refractivity contribution in [3.05, 3.63) is 77.2 Å². The number of rotatable bonds is 11. The Morgan fingerprint density at radius 3 is 2.64 bits per heavy atom. The molecule has 0 aliphatic carbocycles. The number of ether oxygens (including phenoxy) is 2. The summed E-state index contributed by atoms with van der Waals surface area (Å²) < 4.78 is 13.9. The van der Waals surface area contributed by atoms with Crippen LogP contribution in [-0.4, -0.2) is 72.2 Å². The van der Waals surface area contributed by atoms with Gasteiger partial charge in [-0.2, -0.15) is 5.10 Å². The highest BCUT2D eigenvalue weighted by molar-refractivity contribution is 5.84. The van der Waals surface area contributed by atoms with E-state index in [4.69, 9.17) is 9.47 Å². The van der Waals surface area contributed by atoms with E-state index in [0.717, 1.165) is 74.2 Å². The van der Waals surface area contributed by atoms with E-state index < -0.39 is 0 Å². The first kappa shape index (κ1) is 26.8. The Kier molecular flexibility index (Phi) is 8.81. The molecule has 0 saturated carbocycles. The lowest BCUT2D eigenvalue weighted by Crippen LogP contribution is -2.38. The van der Waals surface area contributed by atoms with Crippen LogP contribution in [-0.2, 0) is 11.8 Å². The zero-order valence-electron chi connectivity index (χ0n) is 23.3. The largest absolute Gasteiger partial charge is 0.492 e. The summed E-state index contributed by atoms with van der Waals surface area (Å²) in [6, 6.07) is 17.1. The highest BCUT2D eigenvalue weighted by Gasteiger charge is 2.12. The second-order valence-electron chi connectivity index (χ2n) is 9.86. The van der Waals surface area contributed by atoms with Gasteiger partial charge in [-0.05, 0) is 73.4 Å². The average Bonchev–Trinajstić information content (AvgIpc) is 3.58. The molecule has 0 bridgehead atoms. The van der Waals surface area contributed by atoms with E-state index in [-0.39, 0.29) is 0 Å². The SMILES string of the molecule is CCN(CC)c1ccc(/C=C/c2cc(/C=C/c3ccc4ccn(C)c4c3)[nH]n2)c(OCCN2CCOCC2)c1. The lowest BCUT2D eigenvalue weighted by atomic mass is 10.1. The topological polar surface area (TPSA) is 58.5 Å². The van der Waals surface area contributed by atoms with Crippen LogP contribution in [0.2, 0.25) is 0 Å². The minimum Gasteiger partial charge on any atom is -0.492 e. The van der Waals surface area contributed by atoms with E-state index in [2.05, 4.69) is 118 Å². The lowest BCUT2D eigenvalue weighted by Gasteiger charge is -2.27. The van der Waals surface area contributed by atoms with Gasteiger partial charge in [-0.1, -0.05) is 18.2 Å². The van der Waals surface area contributed by atoms with Crippen molar-refractivity contribution >= 4 is 40.9 Å². The maximum Gasteiger partial charge on any atom is 0.128 e. The van der Waals surface area contributed by atoms with Crippen molar-refractivity contribution < 1.29 is 9.47 Å². The van der Waals surface area contributed by atoms with Gasteiger partial charge in [0.15, 0.2) is 0 Å². The maximum absolute atomic E-state index is 6.33. The number of nitrogens with one attached hydrogen (secondary N) is 1. The van der Waals surface area contributed by atoms with E-state index in [1.807, 2.05) is 6.08 Å². The van der Waals surface area contributed by atoms with Gasteiger partial charge in [-0.25, -0.2) is 0 Å². The normalized spacial score (nSPS) is 14.6. The quantitative estimate of drug-likeness (QED) is 0.268. The third kappa shape index (κ3) is 6.80. The van der Waals surface area contributed by atoms with Crippen LogP contribution in [0.4, 0.5) is 5.69 Å². The molecular formula is C32H39N5O2. The molecular weight excluding hydrogens is 486 g/mol. The Hall–Kier alpha value is -3.81. The third-order valence-electron chi connectivity index (χ3n) is 7.31. The summed E-state index contributed by atoms with van der Waals surface area (Å²) in [7, 11) is 2.07. The number of benzene rings is 2. The summed E-state index contributed by atoms with van der Waals surface area (Å²) in [5, 5.41) is 8.87. The molecule has 39 heavy (non-hydrogen) atoms. The predicted octanol–water partition coefficient (Wildman–Crippen LogP) is 5.80. The Bertz CT molecular complexity index is 1420. The number of hydrogen-bond donors (Lipinski definition) is 1. The van der Waals surface area contributed by atoms with Gasteiger partial charge in [0.1, 0.15) is 12.4 Å². The number of morpholine rings is 1. The van der Waals surface area contributed by atoms with Crippen molar-refractivity contribution in [2.75, 3.05) is 57.4 Å². The second-order valence-corrected chi connectivity index (χ2v) is 9.86. The summed E-state index contributed by atoms with van der Waals surface area (Å²) in [5.74, 6) is 0.899. The van der Waals surface area contributed by atoms with Crippen molar-refractivity contribution in [1.82, 2.24) is 19.7 Å². The van der Waals surface area contributed by atoms with Crippen molar-refractivity contribution in [2.24, 2.45) is 7.05 Å². The number of hydrogen-bond acceptors (Lipinski definition) is 5. The molecule has 0 atom stereocenters. The van der Waals surface area contributed by atoms with Crippen LogP contribution in [0, 0.1) is 0 Å². The monoisotopic (exact) mass is 525 g/mol. The summed E-state index contributed by atoms with van der Waals surface area (Å²) in [5.41, 5.74) is 6.44. The molecule has 1 aliphatic heterocycles. The van der Waals surface area contributed by atoms with Gasteiger partial charge in [0.25, 0.3) is 0 Å². The molecule has 2 aromatic heterocycles. The Labute approximate surface area is 231 Å². The number of H-pyrrole nitrogens is 1. The molecule has 2 aromatic carbocycles. The summed E-state index contributed by atoms with van der Waals surface area (Å²) in [6.45, 7) is 11.4. The fourth-order valence-corrected chi connectivity index (χ4v) is 4.95. The van der Waals surface area contributed by atoms with Gasteiger partial charge in [0.05, 0.1) is 24.6 Å². The van der Waals surface area contributed by atoms with Gasteiger partial charge in [0, 0.05) is 68.8 Å². The molecule has 5 rings (SSSR count). The van der Waals surface area contributed by atoms with Gasteiger partial charge in [0.2, 0.25) is 0 Å². The molecule has 1 N–H and O–H groups in total. The van der Waals surface area contributed by atoms with Gasteiger partial charge >= 0.3 is 0 Å². The summed E-state index contributed by atoms with van der Waals surface area (Å²) in [6.07, 6.45) is 10.4. The van der Waals surface area contributed by atoms with Gasteiger partial charge in [-0.15, -0.1) is 0 Å². The number of aromatic nitrogens is 3. The number of aromatic amines is 1. The minimum absolute atomic E-state index is 0.647. The molecule has 1 fully saturated rings. The summed E-state index contributed by atoms with van der Waals surface area (Å²) >= 11 is 0. The van der Waals surface area contributed by atoms with E-state index in [9.17, 15) is 0 Å². The standard InChI is InChI=1S/C32H39N5O2/c1-4-37(5-2)30-13-10-27(32(24-30)39-21-18-36-16-19-38-20-17-36)9-12-29-23-28(33-34-29)11-7-25-6-8-26-14-15-35(3)31(26)22-25/h6-15,22-24H,4-5,16-21H2,1-3H3,(H,33,34)/b11-7+,12-9+. The zero-order valence-corrected chi connectivity index (χ0v) is 23.3. The number of aryl methyl sites for hydroxylation is 1. The Morgan fingerprint density at radius 2 is 1.82 bits per heavy atom. The first-order valence-electron chi connectivity index (χ1n) is 13.9. The molecule has 7 heteroatoms. The Morgan fingerprint density at radius 1 is 0.974 bits per heavy atom. The smallest absolute Gasteiger partial charge is 0.128 e. The van der Waals surface area contributed by atoms with Crippen LogP contribution in [0.5, 0.6) is 5.75 Å². The number of nitrogens with zero attached hydrogens (tertiary/aromatic N) is 4. The lowest BCUT2D eigenvalue weighted by molar-refractivity contribution is 0.0322. The molecule has 0 amide bonds. The molecule has 1 saturated heterocycles. The fourth-order valence-electron chi connectivity index (χ4n) is 4.95. The maximum atomic E-state index is 6.33. The third-order valence-corrected chi connectivity index (χ3v) is 7.31. The van der Waals surface area contributed by atoms with Crippen LogP contribution in [0.1, 0.15) is 36.4 Å². The zero-order chi connectivity index (χ0) is 27.0. The van der Waals surface area contributed by atoms with Gasteiger partial charge in [-0.3, -0.25) is 10.00 Å². The molecule has 0 spiro atoms. The molecule has 4 aromatic rings.